The number of aliphatic hydroxyl groups is 1. The van der Waals surface area contributed by atoms with Crippen LogP contribution in [0.15, 0.2) is 168 Å². The first kappa shape index (κ1) is 48.5. The van der Waals surface area contributed by atoms with Crippen LogP contribution in [0.25, 0.3) is 22.3 Å². The molecule has 2 heterocycles. The number of hydrogen-bond donors (Lipinski definition) is 3. The maximum absolute atomic E-state index is 13.4. The van der Waals surface area contributed by atoms with Crippen molar-refractivity contribution < 1.29 is 40.3 Å². The highest BCUT2D eigenvalue weighted by Crippen LogP contribution is 2.34. The number of aliphatic hydroxyl groups excluding tert-OH is 1. The molecule has 0 saturated carbocycles. The van der Waals surface area contributed by atoms with Crippen LogP contribution in [0.1, 0.15) is 36.6 Å². The summed E-state index contributed by atoms with van der Waals surface area (Å²) < 4.78 is 82.2. The van der Waals surface area contributed by atoms with Crippen LogP contribution in [-0.4, -0.2) is 84.3 Å². The summed E-state index contributed by atoms with van der Waals surface area (Å²) in [5.41, 5.74) is 5.18. The first-order valence-electron chi connectivity index (χ1n) is 21.1. The van der Waals surface area contributed by atoms with E-state index in [1.54, 1.807) is 79.7 Å². The number of sulfonamides is 2. The number of nitrogens with one attached hydrogen (secondary N) is 2. The molecule has 17 heteroatoms. The van der Waals surface area contributed by atoms with Crippen molar-refractivity contribution in [1.82, 2.24) is 19.2 Å². The van der Waals surface area contributed by atoms with Gasteiger partial charge in [0.25, 0.3) is 0 Å². The third-order valence-corrected chi connectivity index (χ3v) is 17.4. The number of hydrogen-bond acceptors (Lipinski definition) is 9. The molecule has 0 radical (unpaired) electrons. The first-order chi connectivity index (χ1) is 31.8. The molecular weight excluding hydrogens is 923 g/mol. The molecule has 4 unspecified atom stereocenters. The van der Waals surface area contributed by atoms with Gasteiger partial charge >= 0.3 is 0 Å². The van der Waals surface area contributed by atoms with Crippen LogP contribution in [0.3, 0.4) is 0 Å². The van der Waals surface area contributed by atoms with Crippen molar-refractivity contribution in [2.75, 3.05) is 31.2 Å². The highest BCUT2D eigenvalue weighted by Gasteiger charge is 2.42. The number of carbonyl (C=O) groups excluding carboxylic acids is 2. The standard InChI is InChI=1S/C25H25FN2O4S2.C24H23FN2O3S2/c26-21-10-6-20(7-11-21)23(14-16-29)27-24(30)25-28(15-17-33-25)34(31,32)22-12-8-19(9-13-22)18-4-2-1-3-5-18;1-17(18-7-11-21(25)12-8-18)26-23(28)24-27(15-16-31-24)32(29,30)22-13-9-20(10-14-22)19-5-3-2-4-6-19/h1-13,23,25,29H,14-17H2,(H,27,30);2-14,17,24H,15-16H2,1H3,(H,26,28). The minimum absolute atomic E-state index is 0.123. The maximum Gasteiger partial charge on any atom is 0.249 e. The Hall–Kier alpha value is -5.40. The summed E-state index contributed by atoms with van der Waals surface area (Å²) in [6.45, 7) is 2.07. The maximum atomic E-state index is 13.4. The number of thioether (sulfide) groups is 2. The molecule has 8 rings (SSSR count). The van der Waals surface area contributed by atoms with Crippen LogP contribution in [0.4, 0.5) is 8.78 Å². The minimum Gasteiger partial charge on any atom is -0.396 e. The number of carbonyl (C=O) groups is 2. The van der Waals surface area contributed by atoms with Gasteiger partial charge in [-0.2, -0.15) is 8.61 Å². The van der Waals surface area contributed by atoms with Crippen molar-refractivity contribution in [1.29, 1.82) is 0 Å². The Morgan fingerprint density at radius 2 is 0.955 bits per heavy atom. The summed E-state index contributed by atoms with van der Waals surface area (Å²) in [5.74, 6) is -0.581. The molecule has 0 aromatic heterocycles. The fraction of sp³-hybridized carbons (Fsp3) is 0.224. The molecule has 0 spiro atoms. The van der Waals surface area contributed by atoms with Crippen molar-refractivity contribution >= 4 is 55.4 Å². The smallest absolute Gasteiger partial charge is 0.249 e. The van der Waals surface area contributed by atoms with Gasteiger partial charge in [0.05, 0.1) is 21.9 Å². The van der Waals surface area contributed by atoms with E-state index >= 15 is 0 Å². The van der Waals surface area contributed by atoms with E-state index < -0.39 is 48.6 Å². The molecule has 344 valence electrons. The molecule has 6 aromatic carbocycles. The third kappa shape index (κ3) is 11.6. The van der Waals surface area contributed by atoms with E-state index in [0.717, 1.165) is 27.8 Å². The number of amides is 2. The fourth-order valence-electron chi connectivity index (χ4n) is 7.49. The number of nitrogens with zero attached hydrogens (tertiary/aromatic N) is 2. The van der Waals surface area contributed by atoms with E-state index in [9.17, 15) is 40.3 Å². The average molecular weight is 971 g/mol. The predicted octanol–water partition coefficient (Wildman–Crippen LogP) is 8.23. The second-order valence-electron chi connectivity index (χ2n) is 15.4. The van der Waals surface area contributed by atoms with E-state index in [0.29, 0.717) is 17.1 Å². The second-order valence-corrected chi connectivity index (χ2v) is 21.5. The van der Waals surface area contributed by atoms with Gasteiger partial charge in [0, 0.05) is 31.2 Å². The van der Waals surface area contributed by atoms with Crippen LogP contribution in [0.2, 0.25) is 0 Å². The van der Waals surface area contributed by atoms with Crippen LogP contribution in [-0.2, 0) is 29.6 Å². The lowest BCUT2D eigenvalue weighted by atomic mass is 10.0. The van der Waals surface area contributed by atoms with Gasteiger partial charge in [0.1, 0.15) is 22.4 Å². The zero-order chi connectivity index (χ0) is 46.8. The summed E-state index contributed by atoms with van der Waals surface area (Å²) >= 11 is 2.54. The zero-order valence-corrected chi connectivity index (χ0v) is 39.0. The summed E-state index contributed by atoms with van der Waals surface area (Å²) in [6.07, 6.45) is 0.225. The zero-order valence-electron chi connectivity index (χ0n) is 35.7. The molecule has 3 N–H and O–H groups in total. The Balaban J connectivity index is 0.000000197. The molecule has 0 bridgehead atoms. The lowest BCUT2D eigenvalue weighted by Gasteiger charge is -2.25. The topological polar surface area (TPSA) is 153 Å². The molecule has 6 aromatic rings. The van der Waals surface area contributed by atoms with Crippen molar-refractivity contribution in [3.05, 3.63) is 180 Å². The van der Waals surface area contributed by atoms with Gasteiger partial charge in [0.2, 0.25) is 31.9 Å². The normalized spacial score (nSPS) is 17.6. The van der Waals surface area contributed by atoms with Crippen molar-refractivity contribution in [3.63, 3.8) is 0 Å². The molecule has 2 saturated heterocycles. The lowest BCUT2D eigenvalue weighted by molar-refractivity contribution is -0.123. The van der Waals surface area contributed by atoms with Crippen LogP contribution in [0, 0.1) is 11.6 Å². The third-order valence-electron chi connectivity index (χ3n) is 11.0. The van der Waals surface area contributed by atoms with E-state index in [1.807, 2.05) is 60.7 Å². The highest BCUT2D eigenvalue weighted by molar-refractivity contribution is 8.02. The molecule has 2 fully saturated rings. The first-order valence-corrected chi connectivity index (χ1v) is 26.0. The number of benzene rings is 6. The molecular formula is C49H48F2N4O7S4. The predicted molar refractivity (Wildman–Crippen MR) is 256 cm³/mol. The van der Waals surface area contributed by atoms with E-state index in [-0.39, 0.29) is 53.7 Å². The number of rotatable bonds is 14. The van der Waals surface area contributed by atoms with Crippen LogP contribution in [0.5, 0.6) is 0 Å². The molecule has 4 atom stereocenters. The largest absolute Gasteiger partial charge is 0.396 e. The van der Waals surface area contributed by atoms with E-state index in [4.69, 9.17) is 0 Å². The minimum atomic E-state index is -3.90. The summed E-state index contributed by atoms with van der Waals surface area (Å²) in [5, 5.41) is 13.3. The van der Waals surface area contributed by atoms with Gasteiger partial charge in [-0.1, -0.05) is 109 Å². The highest BCUT2D eigenvalue weighted by atomic mass is 32.2. The van der Waals surface area contributed by atoms with Gasteiger partial charge in [-0.3, -0.25) is 9.59 Å². The van der Waals surface area contributed by atoms with E-state index in [2.05, 4.69) is 10.6 Å². The summed E-state index contributed by atoms with van der Waals surface area (Å²) in [6, 6.07) is 43.3. The van der Waals surface area contributed by atoms with Gasteiger partial charge < -0.3 is 15.7 Å². The average Bonchev–Trinajstić information content (AvgIpc) is 4.06. The summed E-state index contributed by atoms with van der Waals surface area (Å²) in [4.78, 5) is 26.3. The van der Waals surface area contributed by atoms with Gasteiger partial charge in [-0.05, 0) is 95.3 Å². The Morgan fingerprint density at radius 1 is 0.576 bits per heavy atom. The van der Waals surface area contributed by atoms with Crippen LogP contribution >= 0.6 is 23.5 Å². The van der Waals surface area contributed by atoms with E-state index in [1.165, 1.54) is 56.4 Å². The molecule has 2 aliphatic rings. The molecule has 2 amide bonds. The monoisotopic (exact) mass is 970 g/mol. The molecule has 0 aliphatic carbocycles. The van der Waals surface area contributed by atoms with Crippen molar-refractivity contribution in [3.8, 4) is 22.3 Å². The van der Waals surface area contributed by atoms with Crippen LogP contribution < -0.4 is 10.6 Å². The van der Waals surface area contributed by atoms with Gasteiger partial charge in [-0.25, -0.2) is 25.6 Å². The van der Waals surface area contributed by atoms with Crippen molar-refractivity contribution in [2.45, 2.75) is 46.0 Å². The molecule has 11 nitrogen and oxygen atoms in total. The Kier molecular flexibility index (Phi) is 16.1. The Labute approximate surface area is 392 Å². The van der Waals surface area contributed by atoms with Gasteiger partial charge in [0.15, 0.2) is 0 Å². The Morgan fingerprint density at radius 3 is 1.36 bits per heavy atom. The number of halogens is 2. The second kappa shape index (κ2) is 21.9. The van der Waals surface area contributed by atoms with Crippen molar-refractivity contribution in [2.24, 2.45) is 0 Å². The quantitative estimate of drug-likeness (QED) is 0.0981. The molecule has 66 heavy (non-hydrogen) atoms. The van der Waals surface area contributed by atoms with Gasteiger partial charge in [-0.15, -0.1) is 23.5 Å². The molecule has 2 aliphatic heterocycles. The SMILES string of the molecule is CC(NC(=O)C1SCCN1S(=O)(=O)c1ccc(-c2ccccc2)cc1)c1ccc(F)cc1.O=C(NC(CCO)c1ccc(F)cc1)C1SCCN1S(=O)(=O)c1ccc(-c2ccccc2)cc1. The summed E-state index contributed by atoms with van der Waals surface area (Å²) in [7, 11) is -7.73. The lowest BCUT2D eigenvalue weighted by Crippen LogP contribution is -2.45. The fourth-order valence-corrected chi connectivity index (χ4v) is 13.7. The Bertz CT molecular complexity index is 2790.